The molecular formula is C43H59N7O7. The van der Waals surface area contributed by atoms with Crippen LogP contribution in [0.2, 0.25) is 0 Å². The highest BCUT2D eigenvalue weighted by Crippen LogP contribution is 2.28. The van der Waals surface area contributed by atoms with E-state index in [0.29, 0.717) is 24.2 Å². The zero-order valence-corrected chi connectivity index (χ0v) is 33.4. The molecule has 5 atom stereocenters. The van der Waals surface area contributed by atoms with Crippen molar-refractivity contribution >= 4 is 35.4 Å². The predicted octanol–water partition coefficient (Wildman–Crippen LogP) is 4.61. The van der Waals surface area contributed by atoms with Gasteiger partial charge in [-0.25, -0.2) is 14.8 Å². The number of alkyl carbamates (subject to hydrolysis) is 1. The first-order chi connectivity index (χ1) is 27.4. The maximum Gasteiger partial charge on any atom is 0.408 e. The number of rotatable bonds is 21. The van der Waals surface area contributed by atoms with Gasteiger partial charge in [0.05, 0.1) is 24.6 Å². The maximum atomic E-state index is 13.5. The molecule has 57 heavy (non-hydrogen) atoms. The number of nitrogen functional groups attached to an aromatic ring is 1. The van der Waals surface area contributed by atoms with Crippen molar-refractivity contribution in [1.82, 2.24) is 31.2 Å². The number of anilines is 1. The molecule has 0 aliphatic heterocycles. The molecule has 7 N–H and O–H groups in total. The third-order valence-corrected chi connectivity index (χ3v) is 10.6. The molecule has 1 heterocycles. The number of nitrogens with two attached hydrogens (primary N) is 1. The summed E-state index contributed by atoms with van der Waals surface area (Å²) in [5.74, 6) is -0.946. The van der Waals surface area contributed by atoms with Crippen LogP contribution in [0.3, 0.4) is 0 Å². The Hall–Kier alpha value is -5.37. The van der Waals surface area contributed by atoms with E-state index in [1.807, 2.05) is 74.5 Å². The molecule has 1 fully saturated rings. The van der Waals surface area contributed by atoms with Gasteiger partial charge >= 0.3 is 6.09 Å². The van der Waals surface area contributed by atoms with Gasteiger partial charge in [-0.1, -0.05) is 113 Å². The maximum absolute atomic E-state index is 13.5. The molecule has 4 amide bonds. The van der Waals surface area contributed by atoms with Crippen LogP contribution in [0.5, 0.6) is 0 Å². The molecule has 14 heteroatoms. The van der Waals surface area contributed by atoms with Crippen molar-refractivity contribution in [2.75, 3.05) is 5.73 Å². The minimum Gasteiger partial charge on any atom is -0.445 e. The van der Waals surface area contributed by atoms with Crippen molar-refractivity contribution in [2.45, 2.75) is 129 Å². The van der Waals surface area contributed by atoms with E-state index in [1.54, 1.807) is 13.1 Å². The number of aliphatic hydroxyl groups is 1. The Bertz CT molecular complexity index is 1750. The summed E-state index contributed by atoms with van der Waals surface area (Å²) in [5.41, 5.74) is 8.17. The largest absolute Gasteiger partial charge is 0.445 e. The fraction of sp³-hybridized carbons (Fsp3) is 0.512. The number of aryl methyl sites for hydroxylation is 1. The zero-order valence-electron chi connectivity index (χ0n) is 33.4. The molecule has 1 aliphatic rings. The van der Waals surface area contributed by atoms with Crippen LogP contribution < -0.4 is 27.0 Å². The first-order valence-electron chi connectivity index (χ1n) is 20.1. The Morgan fingerprint density at radius 2 is 1.56 bits per heavy atom. The third kappa shape index (κ3) is 15.2. The fourth-order valence-electron chi connectivity index (χ4n) is 6.99. The quantitative estimate of drug-likeness (QED) is 0.0883. The van der Waals surface area contributed by atoms with Gasteiger partial charge in [0.1, 0.15) is 24.3 Å². The van der Waals surface area contributed by atoms with Gasteiger partial charge in [-0.3, -0.25) is 19.2 Å². The van der Waals surface area contributed by atoms with E-state index in [2.05, 4.69) is 31.2 Å². The lowest BCUT2D eigenvalue weighted by atomic mass is 9.83. The van der Waals surface area contributed by atoms with E-state index >= 15 is 0 Å². The topological polar surface area (TPSA) is 215 Å². The van der Waals surface area contributed by atoms with Gasteiger partial charge in [-0.05, 0) is 42.7 Å². The molecule has 4 rings (SSSR count). The van der Waals surface area contributed by atoms with E-state index in [-0.39, 0.29) is 62.3 Å². The molecule has 1 aromatic heterocycles. The number of aliphatic hydroxyl groups excluding tert-OH is 1. The van der Waals surface area contributed by atoms with E-state index in [1.165, 1.54) is 0 Å². The molecule has 0 bridgehead atoms. The van der Waals surface area contributed by atoms with E-state index < -0.39 is 48.0 Å². The van der Waals surface area contributed by atoms with Crippen LogP contribution in [-0.4, -0.2) is 68.9 Å². The lowest BCUT2D eigenvalue weighted by molar-refractivity contribution is -0.132. The number of nitrogens with zero attached hydrogens (tertiary/aromatic N) is 2. The SMILES string of the molecule is CC[C@H](C)[C@H](NC(=O)C[C@H](O)[C@H](CC1CCCCC1)NC(=O)CCC(=O)[C@H](Cc1ccccc1)NC(=O)OCc1ccccc1)C(=O)NCc1cnc(C)nc1N. The Morgan fingerprint density at radius 3 is 2.21 bits per heavy atom. The van der Waals surface area contributed by atoms with Crippen molar-refractivity contribution in [3.05, 3.63) is 89.4 Å². The Kier molecular flexibility index (Phi) is 17.9. The Labute approximate surface area is 335 Å². The molecule has 0 radical (unpaired) electrons. The molecule has 308 valence electrons. The highest BCUT2D eigenvalue weighted by molar-refractivity contribution is 5.91. The minimum atomic E-state index is -1.25. The smallest absolute Gasteiger partial charge is 0.408 e. The number of benzene rings is 2. The number of aromatic nitrogens is 2. The van der Waals surface area contributed by atoms with Crippen LogP contribution in [0, 0.1) is 18.8 Å². The summed E-state index contributed by atoms with van der Waals surface area (Å²) in [6.45, 7) is 5.59. The minimum absolute atomic E-state index is 0.0367. The summed E-state index contributed by atoms with van der Waals surface area (Å²) in [6, 6.07) is 15.9. The number of Topliss-reactive ketones (excluding diaryl/α,β-unsaturated/α-hetero) is 1. The summed E-state index contributed by atoms with van der Waals surface area (Å²) in [7, 11) is 0. The van der Waals surface area contributed by atoms with Crippen molar-refractivity contribution in [1.29, 1.82) is 0 Å². The van der Waals surface area contributed by atoms with Gasteiger partial charge in [0.2, 0.25) is 17.7 Å². The van der Waals surface area contributed by atoms with Crippen LogP contribution in [0.15, 0.2) is 66.9 Å². The second kappa shape index (κ2) is 23.0. The van der Waals surface area contributed by atoms with E-state index in [4.69, 9.17) is 10.5 Å². The summed E-state index contributed by atoms with van der Waals surface area (Å²) >= 11 is 0. The summed E-state index contributed by atoms with van der Waals surface area (Å²) in [6.07, 6.45) is 5.26. The number of amides is 4. The number of carbonyl (C=O) groups excluding carboxylic acids is 5. The van der Waals surface area contributed by atoms with Crippen LogP contribution in [0.4, 0.5) is 10.6 Å². The highest BCUT2D eigenvalue weighted by atomic mass is 16.5. The van der Waals surface area contributed by atoms with E-state index in [9.17, 15) is 29.1 Å². The van der Waals surface area contributed by atoms with Gasteiger partial charge in [-0.15, -0.1) is 0 Å². The number of ketones is 1. The highest BCUT2D eigenvalue weighted by Gasteiger charge is 2.31. The predicted molar refractivity (Wildman–Crippen MR) is 216 cm³/mol. The average Bonchev–Trinajstić information content (AvgIpc) is 3.21. The standard InChI is InChI=1S/C43H59N7O7/c1-4-28(2)40(42(55)46-26-33-25-45-29(3)47-41(33)44)50-39(54)24-37(52)35(23-31-16-10-6-11-17-31)48-38(53)21-20-36(51)34(22-30-14-8-5-9-15-30)49-43(56)57-27-32-18-12-7-13-19-32/h5,7-9,12-15,18-19,25,28,31,34-35,37,40,52H,4,6,10-11,16-17,20-24,26-27H2,1-3H3,(H,46,55)(H,48,53)(H,49,56)(H,50,54)(H2,44,45,47)/t28-,34-,35-,37-,40-/m0/s1. The second-order valence-electron chi connectivity index (χ2n) is 15.1. The molecule has 0 saturated heterocycles. The Balaban J connectivity index is 1.36. The van der Waals surface area contributed by atoms with Crippen LogP contribution >= 0.6 is 0 Å². The average molecular weight is 786 g/mol. The summed E-state index contributed by atoms with van der Waals surface area (Å²) < 4.78 is 5.38. The molecule has 14 nitrogen and oxygen atoms in total. The van der Waals surface area contributed by atoms with Crippen LogP contribution in [0.1, 0.15) is 101 Å². The zero-order chi connectivity index (χ0) is 41.2. The molecule has 2 aromatic carbocycles. The number of nitrogens with one attached hydrogen (secondary N) is 4. The molecular weight excluding hydrogens is 727 g/mol. The van der Waals surface area contributed by atoms with Gasteiger partial charge < -0.3 is 36.8 Å². The van der Waals surface area contributed by atoms with Gasteiger partial charge in [-0.2, -0.15) is 0 Å². The van der Waals surface area contributed by atoms with Crippen molar-refractivity contribution < 1.29 is 33.8 Å². The normalized spacial score (nSPS) is 15.6. The van der Waals surface area contributed by atoms with Gasteiger partial charge in [0.15, 0.2) is 5.78 Å². The summed E-state index contributed by atoms with van der Waals surface area (Å²) in [4.78, 5) is 74.7. The fourth-order valence-corrected chi connectivity index (χ4v) is 6.99. The molecule has 3 aromatic rings. The monoisotopic (exact) mass is 785 g/mol. The first-order valence-corrected chi connectivity index (χ1v) is 20.1. The number of hydrogen-bond donors (Lipinski definition) is 6. The molecule has 0 spiro atoms. The first kappa shape index (κ1) is 44.3. The molecule has 1 saturated carbocycles. The number of hydrogen-bond acceptors (Lipinski definition) is 10. The van der Waals surface area contributed by atoms with Crippen LogP contribution in [0.25, 0.3) is 0 Å². The van der Waals surface area contributed by atoms with E-state index in [0.717, 1.165) is 43.2 Å². The van der Waals surface area contributed by atoms with Crippen molar-refractivity contribution in [3.8, 4) is 0 Å². The van der Waals surface area contributed by atoms with Gasteiger partial charge in [0.25, 0.3) is 0 Å². The molecule has 0 unspecified atom stereocenters. The molecule has 1 aliphatic carbocycles. The summed E-state index contributed by atoms with van der Waals surface area (Å²) in [5, 5.41) is 22.7. The number of ether oxygens (including phenoxy) is 1. The third-order valence-electron chi connectivity index (χ3n) is 10.6. The number of carbonyl (C=O) groups is 5. The van der Waals surface area contributed by atoms with Crippen molar-refractivity contribution in [3.63, 3.8) is 0 Å². The van der Waals surface area contributed by atoms with Crippen molar-refractivity contribution in [2.24, 2.45) is 11.8 Å². The van der Waals surface area contributed by atoms with Crippen LogP contribution in [-0.2, 0) is 43.5 Å². The van der Waals surface area contributed by atoms with Gasteiger partial charge in [0, 0.05) is 31.1 Å². The lowest BCUT2D eigenvalue weighted by Gasteiger charge is -2.30. The second-order valence-corrected chi connectivity index (χ2v) is 15.1. The Morgan fingerprint density at radius 1 is 0.895 bits per heavy atom. The lowest BCUT2D eigenvalue weighted by Crippen LogP contribution is -2.52.